The lowest BCUT2D eigenvalue weighted by Gasteiger charge is -2.10. The molecule has 114 valence electrons. The first-order valence-electron chi connectivity index (χ1n) is 6.14. The van der Waals surface area contributed by atoms with Crippen molar-refractivity contribution in [2.45, 2.75) is 31.3 Å². The number of rotatable bonds is 4. The van der Waals surface area contributed by atoms with Crippen molar-refractivity contribution in [2.24, 2.45) is 0 Å². The Morgan fingerprint density at radius 2 is 2.05 bits per heavy atom. The van der Waals surface area contributed by atoms with Crippen molar-refractivity contribution < 1.29 is 12.8 Å². The topological polar surface area (TPSA) is 52.0 Å². The predicted molar refractivity (Wildman–Crippen MR) is 79.9 cm³/mol. The summed E-state index contributed by atoms with van der Waals surface area (Å²) in [5.41, 5.74) is 0.735. The van der Waals surface area contributed by atoms with Gasteiger partial charge in [-0.2, -0.15) is 0 Å². The van der Waals surface area contributed by atoms with E-state index < -0.39 is 14.9 Å². The van der Waals surface area contributed by atoms with Crippen LogP contribution < -0.4 is 0 Å². The largest absolute Gasteiger partial charge is 0.329 e. The van der Waals surface area contributed by atoms with E-state index in [1.54, 1.807) is 10.6 Å². The molecule has 21 heavy (non-hydrogen) atoms. The molecule has 0 aliphatic heterocycles. The minimum absolute atomic E-state index is 0.00749. The van der Waals surface area contributed by atoms with E-state index in [1.165, 1.54) is 18.3 Å². The lowest BCUT2D eigenvalue weighted by atomic mass is 10.2. The second-order valence-electron chi connectivity index (χ2n) is 4.91. The van der Waals surface area contributed by atoms with Gasteiger partial charge in [-0.3, -0.25) is 0 Å². The molecular weight excluding hydrogens is 338 g/mol. The maximum absolute atomic E-state index is 13.2. The van der Waals surface area contributed by atoms with Gasteiger partial charge in [0.25, 0.3) is 9.05 Å². The average molecular weight is 351 g/mol. The second kappa shape index (κ2) is 5.94. The molecule has 0 fully saturated rings. The van der Waals surface area contributed by atoms with Gasteiger partial charge in [-0.1, -0.05) is 31.5 Å². The fraction of sp³-hybridized carbons (Fsp3) is 0.308. The fourth-order valence-electron chi connectivity index (χ4n) is 1.94. The summed E-state index contributed by atoms with van der Waals surface area (Å²) in [5, 5.41) is -0.176. The van der Waals surface area contributed by atoms with Crippen molar-refractivity contribution in [3.05, 3.63) is 46.6 Å². The van der Waals surface area contributed by atoms with E-state index in [0.717, 1.165) is 5.56 Å². The number of halogens is 3. The Hall–Kier alpha value is -1.11. The van der Waals surface area contributed by atoms with Gasteiger partial charge in [0, 0.05) is 29.3 Å². The molecule has 1 heterocycles. The van der Waals surface area contributed by atoms with E-state index in [4.69, 9.17) is 22.3 Å². The van der Waals surface area contributed by atoms with Crippen LogP contribution in [0.1, 0.15) is 31.2 Å². The zero-order valence-corrected chi connectivity index (χ0v) is 13.7. The molecule has 0 spiro atoms. The van der Waals surface area contributed by atoms with Crippen LogP contribution in [0.5, 0.6) is 0 Å². The van der Waals surface area contributed by atoms with Crippen molar-refractivity contribution in [2.75, 3.05) is 0 Å². The molecule has 0 aliphatic rings. The summed E-state index contributed by atoms with van der Waals surface area (Å²) < 4.78 is 37.6. The molecule has 2 aromatic rings. The van der Waals surface area contributed by atoms with Crippen LogP contribution in [0.25, 0.3) is 0 Å². The lowest BCUT2D eigenvalue weighted by Crippen LogP contribution is -2.05. The summed E-state index contributed by atoms with van der Waals surface area (Å²) >= 11 is 5.74. The molecule has 0 N–H and O–H groups in total. The third-order valence-corrected chi connectivity index (χ3v) is 4.35. The number of benzene rings is 1. The first kappa shape index (κ1) is 16.3. The van der Waals surface area contributed by atoms with E-state index in [9.17, 15) is 12.8 Å². The van der Waals surface area contributed by atoms with Crippen LogP contribution in [0.4, 0.5) is 4.39 Å². The monoisotopic (exact) mass is 350 g/mol. The van der Waals surface area contributed by atoms with Crippen molar-refractivity contribution in [3.63, 3.8) is 0 Å². The minimum Gasteiger partial charge on any atom is -0.329 e. The Morgan fingerprint density at radius 3 is 2.57 bits per heavy atom. The van der Waals surface area contributed by atoms with Gasteiger partial charge in [0.2, 0.25) is 0 Å². The third-order valence-electron chi connectivity index (χ3n) is 2.89. The third kappa shape index (κ3) is 3.75. The van der Waals surface area contributed by atoms with E-state index in [-0.39, 0.29) is 16.0 Å². The van der Waals surface area contributed by atoms with E-state index in [1.807, 2.05) is 13.8 Å². The summed E-state index contributed by atoms with van der Waals surface area (Å²) in [4.78, 5) is 4.05. The molecule has 2 rings (SSSR count). The van der Waals surface area contributed by atoms with Crippen molar-refractivity contribution in [1.82, 2.24) is 9.55 Å². The van der Waals surface area contributed by atoms with Gasteiger partial charge < -0.3 is 4.57 Å². The van der Waals surface area contributed by atoms with Gasteiger partial charge in [-0.05, 0) is 17.7 Å². The Kier molecular flexibility index (Phi) is 4.60. The molecule has 1 aromatic carbocycles. The molecule has 0 saturated heterocycles. The van der Waals surface area contributed by atoms with Crippen molar-refractivity contribution in [3.8, 4) is 0 Å². The highest BCUT2D eigenvalue weighted by atomic mass is 35.7. The maximum Gasteiger partial charge on any atom is 0.280 e. The number of hydrogen-bond acceptors (Lipinski definition) is 3. The Balaban J connectivity index is 2.43. The van der Waals surface area contributed by atoms with Gasteiger partial charge in [0.1, 0.15) is 11.6 Å². The molecule has 0 atom stereocenters. The van der Waals surface area contributed by atoms with Crippen LogP contribution in [0.2, 0.25) is 5.02 Å². The predicted octanol–water partition coefficient (Wildman–Crippen LogP) is 3.77. The van der Waals surface area contributed by atoms with Gasteiger partial charge in [0.05, 0.1) is 5.02 Å². The quantitative estimate of drug-likeness (QED) is 0.788. The highest BCUT2D eigenvalue weighted by Crippen LogP contribution is 2.22. The smallest absolute Gasteiger partial charge is 0.280 e. The summed E-state index contributed by atoms with van der Waals surface area (Å²) in [6.45, 7) is 4.11. The number of imidazole rings is 1. The maximum atomic E-state index is 13.2. The summed E-state index contributed by atoms with van der Waals surface area (Å²) in [7, 11) is 1.43. The number of aromatic nitrogens is 2. The SMILES string of the molecule is CC(C)c1nc(S(=O)(=O)Cl)cn1Cc1ccc(F)c(Cl)c1. The lowest BCUT2D eigenvalue weighted by molar-refractivity contribution is 0.606. The van der Waals surface area contributed by atoms with E-state index in [0.29, 0.717) is 12.4 Å². The van der Waals surface area contributed by atoms with Gasteiger partial charge in [-0.25, -0.2) is 17.8 Å². The van der Waals surface area contributed by atoms with Gasteiger partial charge >= 0.3 is 0 Å². The molecular formula is C13H13Cl2FN2O2S. The van der Waals surface area contributed by atoms with E-state index in [2.05, 4.69) is 4.98 Å². The molecule has 8 heteroatoms. The Labute approximate surface area is 131 Å². The highest BCUT2D eigenvalue weighted by Gasteiger charge is 2.19. The normalized spacial score (nSPS) is 12.1. The molecule has 0 aliphatic carbocycles. The second-order valence-corrected chi connectivity index (χ2v) is 7.83. The highest BCUT2D eigenvalue weighted by molar-refractivity contribution is 8.13. The molecule has 4 nitrogen and oxygen atoms in total. The summed E-state index contributed by atoms with van der Waals surface area (Å²) in [6.07, 6.45) is 1.37. The Bertz CT molecular complexity index is 772. The van der Waals surface area contributed by atoms with Gasteiger partial charge in [0.15, 0.2) is 5.03 Å². The summed E-state index contributed by atoms with van der Waals surface area (Å²) in [6, 6.07) is 4.35. The first-order valence-corrected chi connectivity index (χ1v) is 8.83. The molecule has 1 aromatic heterocycles. The fourth-order valence-corrected chi connectivity index (χ4v) is 2.83. The van der Waals surface area contributed by atoms with Crippen LogP contribution in [0.15, 0.2) is 29.4 Å². The van der Waals surface area contributed by atoms with Crippen molar-refractivity contribution >= 4 is 31.3 Å². The molecule has 0 radical (unpaired) electrons. The summed E-state index contributed by atoms with van der Waals surface area (Å²) in [5.74, 6) is 0.0851. The van der Waals surface area contributed by atoms with Crippen LogP contribution in [0.3, 0.4) is 0 Å². The zero-order chi connectivity index (χ0) is 15.8. The van der Waals surface area contributed by atoms with Crippen LogP contribution in [-0.4, -0.2) is 18.0 Å². The number of nitrogens with zero attached hydrogens (tertiary/aromatic N) is 2. The number of hydrogen-bond donors (Lipinski definition) is 0. The van der Waals surface area contributed by atoms with Gasteiger partial charge in [-0.15, -0.1) is 0 Å². The molecule has 0 amide bonds. The standard InChI is InChI=1S/C13H13Cl2FN2O2S/c1-8(2)13-17-12(21(15,19)20)7-18(13)6-9-3-4-11(16)10(14)5-9/h3-5,7-8H,6H2,1-2H3. The first-order chi connectivity index (χ1) is 9.68. The van der Waals surface area contributed by atoms with Crippen LogP contribution >= 0.6 is 22.3 Å². The minimum atomic E-state index is -3.89. The molecule has 0 unspecified atom stereocenters. The zero-order valence-electron chi connectivity index (χ0n) is 11.3. The van der Waals surface area contributed by atoms with Crippen LogP contribution in [-0.2, 0) is 15.6 Å². The van der Waals surface area contributed by atoms with E-state index >= 15 is 0 Å². The average Bonchev–Trinajstić information content (AvgIpc) is 2.78. The molecule has 0 saturated carbocycles. The van der Waals surface area contributed by atoms with Crippen molar-refractivity contribution in [1.29, 1.82) is 0 Å². The Morgan fingerprint density at radius 1 is 1.38 bits per heavy atom. The molecule has 0 bridgehead atoms. The van der Waals surface area contributed by atoms with Crippen LogP contribution in [0, 0.1) is 5.82 Å².